The molecule has 5 heteroatoms. The molecule has 5 nitrogen and oxygen atoms in total. The van der Waals surface area contributed by atoms with Gasteiger partial charge in [0.05, 0.1) is 17.4 Å². The number of rotatable bonds is 6. The maximum Gasteiger partial charge on any atom is 0.310 e. The van der Waals surface area contributed by atoms with Gasteiger partial charge in [0, 0.05) is 6.54 Å². The number of hydrogen-bond donors (Lipinski definition) is 2. The number of benzene rings is 1. The minimum atomic E-state index is -0.520. The van der Waals surface area contributed by atoms with Gasteiger partial charge in [-0.05, 0) is 45.3 Å². The van der Waals surface area contributed by atoms with Crippen molar-refractivity contribution in [1.29, 1.82) is 0 Å². The summed E-state index contributed by atoms with van der Waals surface area (Å²) in [5.41, 5.74) is 0.523. The lowest BCUT2D eigenvalue weighted by Gasteiger charge is -2.37. The van der Waals surface area contributed by atoms with E-state index in [4.69, 9.17) is 4.74 Å². The minimum Gasteiger partial charge on any atom is -0.463 e. The van der Waals surface area contributed by atoms with Crippen molar-refractivity contribution in [1.82, 2.24) is 10.6 Å². The van der Waals surface area contributed by atoms with E-state index in [1.807, 2.05) is 44.2 Å². The summed E-state index contributed by atoms with van der Waals surface area (Å²) < 4.78 is 5.20. The van der Waals surface area contributed by atoms with Crippen LogP contribution < -0.4 is 10.6 Å². The molecule has 1 amide bonds. The summed E-state index contributed by atoms with van der Waals surface area (Å²) in [6.45, 7) is 7.35. The molecule has 132 valence electrons. The van der Waals surface area contributed by atoms with Crippen molar-refractivity contribution in [2.45, 2.75) is 45.1 Å². The molecular formula is C19H28N2O3. The van der Waals surface area contributed by atoms with Gasteiger partial charge in [0.2, 0.25) is 5.91 Å². The molecule has 1 fully saturated rings. The van der Waals surface area contributed by atoms with E-state index in [0.717, 1.165) is 31.5 Å². The van der Waals surface area contributed by atoms with E-state index in [-0.39, 0.29) is 23.9 Å². The molecule has 1 aromatic rings. The summed E-state index contributed by atoms with van der Waals surface area (Å²) in [6.07, 6.45) is 1.37. The third kappa shape index (κ3) is 4.35. The highest BCUT2D eigenvalue weighted by molar-refractivity contribution is 5.88. The molecule has 1 aliphatic rings. The van der Waals surface area contributed by atoms with Crippen LogP contribution in [-0.4, -0.2) is 37.6 Å². The fourth-order valence-electron chi connectivity index (χ4n) is 3.10. The van der Waals surface area contributed by atoms with Crippen molar-refractivity contribution in [3.05, 3.63) is 35.9 Å². The molecular weight excluding hydrogens is 304 g/mol. The monoisotopic (exact) mass is 332 g/mol. The molecule has 1 aliphatic heterocycles. The summed E-state index contributed by atoms with van der Waals surface area (Å²) >= 11 is 0. The number of nitrogens with one attached hydrogen (secondary N) is 2. The lowest BCUT2D eigenvalue weighted by molar-refractivity contribution is -0.151. The van der Waals surface area contributed by atoms with Crippen LogP contribution in [0.4, 0.5) is 0 Å². The molecule has 0 saturated carbocycles. The van der Waals surface area contributed by atoms with Crippen LogP contribution >= 0.6 is 0 Å². The third-order valence-electron chi connectivity index (χ3n) is 4.54. The van der Waals surface area contributed by atoms with Gasteiger partial charge in [0.1, 0.15) is 0 Å². The molecule has 1 heterocycles. The first-order valence-electron chi connectivity index (χ1n) is 8.71. The van der Waals surface area contributed by atoms with Crippen molar-refractivity contribution >= 4 is 11.9 Å². The molecule has 0 spiro atoms. The Morgan fingerprint density at radius 2 is 1.79 bits per heavy atom. The third-order valence-corrected chi connectivity index (χ3v) is 4.54. The van der Waals surface area contributed by atoms with Crippen LogP contribution in [0.1, 0.15) is 39.2 Å². The SMILES string of the molecule is CC(C)OC(=O)[C@@H](C)CNC(=O)C1(c2ccccc2)CCNCC1. The number of amides is 1. The second-order valence-corrected chi connectivity index (χ2v) is 6.79. The van der Waals surface area contributed by atoms with Crippen LogP contribution in [0.5, 0.6) is 0 Å². The second-order valence-electron chi connectivity index (χ2n) is 6.79. The standard InChI is InChI=1S/C19H28N2O3/c1-14(2)24-17(22)15(3)13-21-18(23)19(9-11-20-12-10-19)16-7-5-4-6-8-16/h4-8,14-15,20H,9-13H2,1-3H3,(H,21,23)/t15-/m0/s1. The van der Waals surface area contributed by atoms with Gasteiger partial charge in [-0.2, -0.15) is 0 Å². The molecule has 0 radical (unpaired) electrons. The molecule has 1 atom stereocenters. The lowest BCUT2D eigenvalue weighted by atomic mass is 9.72. The zero-order chi connectivity index (χ0) is 17.6. The highest BCUT2D eigenvalue weighted by atomic mass is 16.5. The summed E-state index contributed by atoms with van der Waals surface area (Å²) in [4.78, 5) is 24.9. The Bertz CT molecular complexity index is 551. The second kappa shape index (κ2) is 8.29. The Balaban J connectivity index is 2.05. The predicted molar refractivity (Wildman–Crippen MR) is 93.6 cm³/mol. The van der Waals surface area contributed by atoms with Crippen LogP contribution in [0.25, 0.3) is 0 Å². The molecule has 0 unspecified atom stereocenters. The zero-order valence-corrected chi connectivity index (χ0v) is 14.8. The van der Waals surface area contributed by atoms with Crippen LogP contribution in [0, 0.1) is 5.92 Å². The highest BCUT2D eigenvalue weighted by Gasteiger charge is 2.41. The topological polar surface area (TPSA) is 67.4 Å². The van der Waals surface area contributed by atoms with Gasteiger partial charge in [-0.1, -0.05) is 37.3 Å². The van der Waals surface area contributed by atoms with Crippen molar-refractivity contribution < 1.29 is 14.3 Å². The quantitative estimate of drug-likeness (QED) is 0.782. The molecule has 0 aromatic heterocycles. The van der Waals surface area contributed by atoms with Gasteiger partial charge in [0.25, 0.3) is 0 Å². The van der Waals surface area contributed by atoms with E-state index in [2.05, 4.69) is 10.6 Å². The van der Waals surface area contributed by atoms with Gasteiger partial charge in [-0.25, -0.2) is 0 Å². The Kier molecular flexibility index (Phi) is 6.37. The number of esters is 1. The molecule has 2 N–H and O–H groups in total. The average Bonchev–Trinajstić information content (AvgIpc) is 2.60. The van der Waals surface area contributed by atoms with E-state index < -0.39 is 5.41 Å². The van der Waals surface area contributed by atoms with Gasteiger partial charge in [-0.15, -0.1) is 0 Å². The summed E-state index contributed by atoms with van der Waals surface area (Å²) in [5.74, 6) is -0.630. The highest BCUT2D eigenvalue weighted by Crippen LogP contribution is 2.33. The van der Waals surface area contributed by atoms with Crippen molar-refractivity contribution in [2.24, 2.45) is 5.92 Å². The first-order chi connectivity index (χ1) is 11.5. The normalized spacial score (nSPS) is 18.0. The van der Waals surface area contributed by atoms with E-state index in [1.54, 1.807) is 6.92 Å². The van der Waals surface area contributed by atoms with Gasteiger partial charge in [0.15, 0.2) is 0 Å². The van der Waals surface area contributed by atoms with Crippen molar-refractivity contribution in [3.8, 4) is 0 Å². The smallest absolute Gasteiger partial charge is 0.310 e. The minimum absolute atomic E-state index is 0.000558. The van der Waals surface area contributed by atoms with Crippen molar-refractivity contribution in [2.75, 3.05) is 19.6 Å². The number of carbonyl (C=O) groups is 2. The average molecular weight is 332 g/mol. The summed E-state index contributed by atoms with van der Waals surface area (Å²) in [6, 6.07) is 9.92. The summed E-state index contributed by atoms with van der Waals surface area (Å²) in [7, 11) is 0. The fourth-order valence-corrected chi connectivity index (χ4v) is 3.10. The Labute approximate surface area is 144 Å². The molecule has 2 rings (SSSR count). The number of hydrogen-bond acceptors (Lipinski definition) is 4. The lowest BCUT2D eigenvalue weighted by Crippen LogP contribution is -2.51. The van der Waals surface area contributed by atoms with E-state index in [0.29, 0.717) is 6.54 Å². The predicted octanol–water partition coefficient (Wildman–Crippen LogP) is 2.01. The Hall–Kier alpha value is -1.88. The molecule has 1 aromatic carbocycles. The van der Waals surface area contributed by atoms with Crippen LogP contribution in [0.15, 0.2) is 30.3 Å². The molecule has 0 bridgehead atoms. The largest absolute Gasteiger partial charge is 0.463 e. The maximum atomic E-state index is 13.0. The van der Waals surface area contributed by atoms with Gasteiger partial charge >= 0.3 is 5.97 Å². The summed E-state index contributed by atoms with van der Waals surface area (Å²) in [5, 5.41) is 6.29. The number of ether oxygens (including phenoxy) is 1. The van der Waals surface area contributed by atoms with E-state index in [1.165, 1.54) is 0 Å². The van der Waals surface area contributed by atoms with E-state index in [9.17, 15) is 9.59 Å². The van der Waals surface area contributed by atoms with Crippen LogP contribution in [0.3, 0.4) is 0 Å². The molecule has 1 saturated heterocycles. The number of carbonyl (C=O) groups excluding carboxylic acids is 2. The Morgan fingerprint density at radius 3 is 2.38 bits per heavy atom. The van der Waals surface area contributed by atoms with Crippen LogP contribution in [0.2, 0.25) is 0 Å². The molecule has 0 aliphatic carbocycles. The van der Waals surface area contributed by atoms with Gasteiger partial charge < -0.3 is 15.4 Å². The first kappa shape index (κ1) is 18.5. The van der Waals surface area contributed by atoms with Crippen molar-refractivity contribution in [3.63, 3.8) is 0 Å². The fraction of sp³-hybridized carbons (Fsp3) is 0.579. The van der Waals surface area contributed by atoms with E-state index >= 15 is 0 Å². The zero-order valence-electron chi connectivity index (χ0n) is 14.8. The first-order valence-corrected chi connectivity index (χ1v) is 8.71. The van der Waals surface area contributed by atoms with Gasteiger partial charge in [-0.3, -0.25) is 9.59 Å². The van der Waals surface area contributed by atoms with Crippen LogP contribution in [-0.2, 0) is 19.7 Å². The molecule has 24 heavy (non-hydrogen) atoms. The maximum absolute atomic E-state index is 13.0. The number of piperidine rings is 1. The Morgan fingerprint density at radius 1 is 1.17 bits per heavy atom.